The third-order valence-corrected chi connectivity index (χ3v) is 3.79. The van der Waals surface area contributed by atoms with E-state index in [0.29, 0.717) is 17.1 Å². The number of halogens is 1. The summed E-state index contributed by atoms with van der Waals surface area (Å²) >= 11 is 5.15. The first-order chi connectivity index (χ1) is 10.5. The van der Waals surface area contributed by atoms with Crippen molar-refractivity contribution in [2.24, 2.45) is 0 Å². The van der Waals surface area contributed by atoms with Crippen molar-refractivity contribution in [3.05, 3.63) is 58.9 Å². The largest absolute Gasteiger partial charge is 0.489 e. The van der Waals surface area contributed by atoms with Gasteiger partial charge in [-0.05, 0) is 38.0 Å². The molecule has 2 rings (SSSR count). The van der Waals surface area contributed by atoms with Crippen LogP contribution in [0.5, 0.6) is 5.75 Å². The molecule has 0 atom stereocenters. The number of thiocarbonyl (C=S) groups is 1. The molecule has 0 spiro atoms. The molecule has 0 heterocycles. The summed E-state index contributed by atoms with van der Waals surface area (Å²) in [5.74, 6) is 0.483. The molecule has 0 amide bonds. The van der Waals surface area contributed by atoms with Crippen LogP contribution in [-0.4, -0.2) is 4.99 Å². The number of rotatable bonds is 5. The summed E-state index contributed by atoms with van der Waals surface area (Å²) in [5, 5.41) is 2.96. The van der Waals surface area contributed by atoms with Crippen molar-refractivity contribution in [3.63, 3.8) is 0 Å². The van der Waals surface area contributed by atoms with Crippen molar-refractivity contribution in [2.45, 2.75) is 33.8 Å². The number of hydrogen-bond donors (Lipinski definition) is 1. The van der Waals surface area contributed by atoms with Crippen LogP contribution in [-0.2, 0) is 6.61 Å². The fourth-order valence-corrected chi connectivity index (χ4v) is 2.28. The molecule has 0 radical (unpaired) electrons. The lowest BCUT2D eigenvalue weighted by Crippen LogP contribution is -2.12. The minimum absolute atomic E-state index is 0.288. The molecule has 22 heavy (non-hydrogen) atoms. The van der Waals surface area contributed by atoms with Crippen molar-refractivity contribution in [1.29, 1.82) is 0 Å². The first-order valence-electron chi connectivity index (χ1n) is 7.28. The van der Waals surface area contributed by atoms with Crippen LogP contribution in [0.3, 0.4) is 0 Å². The Labute approximate surface area is 136 Å². The molecule has 0 unspecified atom stereocenters. The van der Waals surface area contributed by atoms with Gasteiger partial charge < -0.3 is 10.1 Å². The standard InChI is InChI=1S/C18H20FNOS/c1-4-17(22)20-18-14(6-5-7-15(18)19)11-21-16-9-8-12(2)10-13(16)3/h5-10H,4,11H2,1-3H3,(H,20,22). The second-order valence-electron chi connectivity index (χ2n) is 5.23. The van der Waals surface area contributed by atoms with Crippen molar-refractivity contribution in [1.82, 2.24) is 0 Å². The van der Waals surface area contributed by atoms with E-state index in [2.05, 4.69) is 11.4 Å². The smallest absolute Gasteiger partial charge is 0.147 e. The summed E-state index contributed by atoms with van der Waals surface area (Å²) in [6.07, 6.45) is 0.668. The fourth-order valence-electron chi connectivity index (χ4n) is 2.17. The van der Waals surface area contributed by atoms with Crippen LogP contribution >= 0.6 is 12.2 Å². The van der Waals surface area contributed by atoms with Gasteiger partial charge >= 0.3 is 0 Å². The van der Waals surface area contributed by atoms with E-state index in [1.165, 1.54) is 11.6 Å². The molecule has 0 aliphatic carbocycles. The molecule has 4 heteroatoms. The van der Waals surface area contributed by atoms with E-state index in [-0.39, 0.29) is 12.4 Å². The summed E-state index contributed by atoms with van der Waals surface area (Å²) < 4.78 is 19.9. The Morgan fingerprint density at radius 1 is 1.23 bits per heavy atom. The van der Waals surface area contributed by atoms with Crippen LogP contribution in [0.4, 0.5) is 10.1 Å². The van der Waals surface area contributed by atoms with Gasteiger partial charge in [0.15, 0.2) is 0 Å². The Morgan fingerprint density at radius 3 is 2.68 bits per heavy atom. The van der Waals surface area contributed by atoms with Crippen LogP contribution in [0.1, 0.15) is 30.0 Å². The SMILES string of the molecule is CCC(=S)Nc1c(F)cccc1COc1ccc(C)cc1C. The van der Waals surface area contributed by atoms with Gasteiger partial charge in [0.2, 0.25) is 0 Å². The van der Waals surface area contributed by atoms with Crippen LogP contribution in [0.15, 0.2) is 36.4 Å². The Bertz CT molecular complexity index is 685. The maximum absolute atomic E-state index is 14.0. The molecule has 2 nitrogen and oxygen atoms in total. The minimum atomic E-state index is -0.322. The quantitative estimate of drug-likeness (QED) is 0.769. The average Bonchev–Trinajstić information content (AvgIpc) is 2.49. The molecule has 0 aliphatic rings. The van der Waals surface area contributed by atoms with Crippen LogP contribution in [0.2, 0.25) is 0 Å². The highest BCUT2D eigenvalue weighted by Crippen LogP contribution is 2.24. The lowest BCUT2D eigenvalue weighted by molar-refractivity contribution is 0.304. The number of para-hydroxylation sites is 1. The van der Waals surface area contributed by atoms with Gasteiger partial charge in [-0.2, -0.15) is 0 Å². The Morgan fingerprint density at radius 2 is 2.00 bits per heavy atom. The van der Waals surface area contributed by atoms with Gasteiger partial charge in [0, 0.05) is 5.56 Å². The van der Waals surface area contributed by atoms with Gasteiger partial charge in [0.25, 0.3) is 0 Å². The summed E-state index contributed by atoms with van der Waals surface area (Å²) in [6.45, 7) is 6.26. The topological polar surface area (TPSA) is 21.3 Å². The van der Waals surface area contributed by atoms with Crippen molar-refractivity contribution >= 4 is 22.9 Å². The van der Waals surface area contributed by atoms with Crippen molar-refractivity contribution in [3.8, 4) is 5.75 Å². The highest BCUT2D eigenvalue weighted by Gasteiger charge is 2.10. The molecule has 0 aliphatic heterocycles. The highest BCUT2D eigenvalue weighted by atomic mass is 32.1. The van der Waals surface area contributed by atoms with Gasteiger partial charge in [-0.1, -0.05) is 49.0 Å². The molecule has 0 saturated heterocycles. The zero-order chi connectivity index (χ0) is 16.1. The normalized spacial score (nSPS) is 10.4. The Hall–Kier alpha value is -1.94. The van der Waals surface area contributed by atoms with E-state index in [1.54, 1.807) is 6.07 Å². The first-order valence-corrected chi connectivity index (χ1v) is 7.69. The summed E-state index contributed by atoms with van der Waals surface area (Å²) in [6, 6.07) is 10.9. The second-order valence-corrected chi connectivity index (χ2v) is 5.73. The van der Waals surface area contributed by atoms with Gasteiger partial charge in [-0.15, -0.1) is 0 Å². The molecule has 0 aromatic heterocycles. The first kappa shape index (κ1) is 16.4. The van der Waals surface area contributed by atoms with E-state index < -0.39 is 0 Å². The fraction of sp³-hybridized carbons (Fsp3) is 0.278. The third-order valence-electron chi connectivity index (χ3n) is 3.40. The number of hydrogen-bond acceptors (Lipinski definition) is 2. The van der Waals surface area contributed by atoms with E-state index in [1.807, 2.05) is 39.0 Å². The Balaban J connectivity index is 2.18. The van der Waals surface area contributed by atoms with Crippen LogP contribution in [0.25, 0.3) is 0 Å². The molecule has 1 N–H and O–H groups in total. The van der Waals surface area contributed by atoms with Crippen molar-refractivity contribution in [2.75, 3.05) is 5.32 Å². The zero-order valence-electron chi connectivity index (χ0n) is 13.1. The van der Waals surface area contributed by atoms with Gasteiger partial charge in [-0.25, -0.2) is 4.39 Å². The van der Waals surface area contributed by atoms with E-state index >= 15 is 0 Å². The number of aryl methyl sites for hydroxylation is 2. The van der Waals surface area contributed by atoms with E-state index in [0.717, 1.165) is 16.9 Å². The summed E-state index contributed by atoms with van der Waals surface area (Å²) in [4.78, 5) is 0.609. The number of benzene rings is 2. The van der Waals surface area contributed by atoms with E-state index in [9.17, 15) is 4.39 Å². The number of nitrogens with one attached hydrogen (secondary N) is 1. The molecule has 116 valence electrons. The van der Waals surface area contributed by atoms with E-state index in [4.69, 9.17) is 17.0 Å². The Kier molecular flexibility index (Phi) is 5.50. The molecule has 0 fully saturated rings. The molecule has 2 aromatic rings. The molecule has 2 aromatic carbocycles. The highest BCUT2D eigenvalue weighted by molar-refractivity contribution is 7.80. The minimum Gasteiger partial charge on any atom is -0.489 e. The van der Waals surface area contributed by atoms with Gasteiger partial charge in [0.1, 0.15) is 18.2 Å². The molecular weight excluding hydrogens is 297 g/mol. The maximum Gasteiger partial charge on any atom is 0.147 e. The second kappa shape index (κ2) is 7.36. The van der Waals surface area contributed by atoms with Crippen LogP contribution in [0, 0.1) is 19.7 Å². The van der Waals surface area contributed by atoms with Crippen molar-refractivity contribution < 1.29 is 9.13 Å². The summed E-state index contributed by atoms with van der Waals surface area (Å²) in [7, 11) is 0. The average molecular weight is 317 g/mol. The monoisotopic (exact) mass is 317 g/mol. The lowest BCUT2D eigenvalue weighted by Gasteiger charge is -2.15. The van der Waals surface area contributed by atoms with Crippen LogP contribution < -0.4 is 10.1 Å². The molecular formula is C18H20FNOS. The lowest BCUT2D eigenvalue weighted by atomic mass is 10.1. The molecule has 0 saturated carbocycles. The maximum atomic E-state index is 14.0. The van der Waals surface area contributed by atoms with Gasteiger partial charge in [-0.3, -0.25) is 0 Å². The predicted octanol–water partition coefficient (Wildman–Crippen LogP) is 5.17. The van der Waals surface area contributed by atoms with Gasteiger partial charge in [0.05, 0.1) is 10.7 Å². The predicted molar refractivity (Wildman–Crippen MR) is 93.2 cm³/mol. The number of anilines is 1. The summed E-state index contributed by atoms with van der Waals surface area (Å²) in [5.41, 5.74) is 3.40. The third kappa shape index (κ3) is 4.04. The number of ether oxygens (including phenoxy) is 1. The zero-order valence-corrected chi connectivity index (χ0v) is 13.9. The molecule has 0 bridgehead atoms.